The molecule has 0 radical (unpaired) electrons. The molecule has 0 spiro atoms. The van der Waals surface area contributed by atoms with E-state index in [0.29, 0.717) is 12.5 Å². The van der Waals surface area contributed by atoms with Crippen molar-refractivity contribution in [1.82, 2.24) is 0 Å². The second kappa shape index (κ2) is 3.77. The van der Waals surface area contributed by atoms with Crippen LogP contribution in [0.2, 0.25) is 0 Å². The summed E-state index contributed by atoms with van der Waals surface area (Å²) in [7, 11) is 0. The molecule has 1 nitrogen and oxygen atoms in total. The Bertz CT molecular complexity index is 118. The molecule has 1 rings (SSSR count). The van der Waals surface area contributed by atoms with Crippen molar-refractivity contribution in [3.05, 3.63) is 12.2 Å². The molecule has 1 aliphatic rings. The molecule has 0 aromatic rings. The van der Waals surface area contributed by atoms with E-state index in [4.69, 9.17) is 5.11 Å². The van der Waals surface area contributed by atoms with Gasteiger partial charge in [-0.1, -0.05) is 19.1 Å². The summed E-state index contributed by atoms with van der Waals surface area (Å²) in [5.74, 6) is 1.41. The second-order valence-corrected chi connectivity index (χ2v) is 3.21. The zero-order valence-corrected chi connectivity index (χ0v) is 6.59. The maximum Gasteiger partial charge on any atom is 0.0436 e. The SMILES string of the molecule is C[C@@H]1C=C[C@H](CCO)CC1. The van der Waals surface area contributed by atoms with Crippen molar-refractivity contribution in [2.24, 2.45) is 11.8 Å². The summed E-state index contributed by atoms with van der Waals surface area (Å²) < 4.78 is 0. The molecular formula is C9H16O. The van der Waals surface area contributed by atoms with E-state index in [0.717, 1.165) is 12.3 Å². The van der Waals surface area contributed by atoms with Crippen molar-refractivity contribution >= 4 is 0 Å². The van der Waals surface area contributed by atoms with Gasteiger partial charge in [0.15, 0.2) is 0 Å². The topological polar surface area (TPSA) is 20.2 Å². The maximum atomic E-state index is 8.65. The molecule has 0 aromatic carbocycles. The van der Waals surface area contributed by atoms with Crippen LogP contribution in [0.15, 0.2) is 12.2 Å². The van der Waals surface area contributed by atoms with E-state index in [9.17, 15) is 0 Å². The highest BCUT2D eigenvalue weighted by Gasteiger charge is 2.10. The van der Waals surface area contributed by atoms with Crippen LogP contribution in [0.3, 0.4) is 0 Å². The first-order valence-corrected chi connectivity index (χ1v) is 4.12. The van der Waals surface area contributed by atoms with Gasteiger partial charge >= 0.3 is 0 Å². The molecule has 0 fully saturated rings. The molecule has 1 aliphatic carbocycles. The van der Waals surface area contributed by atoms with E-state index in [1.165, 1.54) is 12.8 Å². The molecule has 2 atom stereocenters. The van der Waals surface area contributed by atoms with E-state index in [1.807, 2.05) is 0 Å². The number of hydrogen-bond acceptors (Lipinski definition) is 1. The lowest BCUT2D eigenvalue weighted by molar-refractivity contribution is 0.261. The number of hydrogen-bond donors (Lipinski definition) is 1. The van der Waals surface area contributed by atoms with Gasteiger partial charge in [-0.05, 0) is 31.1 Å². The highest BCUT2D eigenvalue weighted by Crippen LogP contribution is 2.23. The first kappa shape index (κ1) is 7.80. The van der Waals surface area contributed by atoms with Crippen molar-refractivity contribution in [2.45, 2.75) is 26.2 Å². The fourth-order valence-corrected chi connectivity index (χ4v) is 1.42. The molecule has 1 heteroatoms. The molecule has 0 saturated heterocycles. The first-order valence-electron chi connectivity index (χ1n) is 4.12. The van der Waals surface area contributed by atoms with Gasteiger partial charge in [0.2, 0.25) is 0 Å². The Hall–Kier alpha value is -0.300. The number of aliphatic hydroxyl groups excluding tert-OH is 1. The molecular weight excluding hydrogens is 124 g/mol. The van der Waals surface area contributed by atoms with Crippen molar-refractivity contribution < 1.29 is 5.11 Å². The lowest BCUT2D eigenvalue weighted by Crippen LogP contribution is -2.07. The summed E-state index contributed by atoms with van der Waals surface area (Å²) in [6.07, 6.45) is 8.02. The molecule has 58 valence electrons. The molecule has 0 amide bonds. The third-order valence-corrected chi connectivity index (χ3v) is 2.20. The smallest absolute Gasteiger partial charge is 0.0436 e. The van der Waals surface area contributed by atoms with Crippen molar-refractivity contribution in [3.8, 4) is 0 Å². The van der Waals surface area contributed by atoms with Crippen LogP contribution in [-0.2, 0) is 0 Å². The highest BCUT2D eigenvalue weighted by molar-refractivity contribution is 4.96. The number of allylic oxidation sites excluding steroid dienone is 2. The van der Waals surface area contributed by atoms with Crippen LogP contribution in [0.25, 0.3) is 0 Å². The summed E-state index contributed by atoms with van der Waals surface area (Å²) in [6, 6.07) is 0. The third-order valence-electron chi connectivity index (χ3n) is 2.20. The van der Waals surface area contributed by atoms with Gasteiger partial charge in [0.25, 0.3) is 0 Å². The van der Waals surface area contributed by atoms with Gasteiger partial charge in [-0.2, -0.15) is 0 Å². The first-order chi connectivity index (χ1) is 4.83. The van der Waals surface area contributed by atoms with Crippen molar-refractivity contribution in [2.75, 3.05) is 6.61 Å². The van der Waals surface area contributed by atoms with Gasteiger partial charge in [0.05, 0.1) is 0 Å². The molecule has 0 aliphatic heterocycles. The predicted molar refractivity (Wildman–Crippen MR) is 42.7 cm³/mol. The Morgan fingerprint density at radius 2 is 2.20 bits per heavy atom. The quantitative estimate of drug-likeness (QED) is 0.581. The molecule has 0 aromatic heterocycles. The Morgan fingerprint density at radius 3 is 2.70 bits per heavy atom. The molecule has 1 N–H and O–H groups in total. The fraction of sp³-hybridized carbons (Fsp3) is 0.778. The van der Waals surface area contributed by atoms with Gasteiger partial charge in [-0.25, -0.2) is 0 Å². The number of aliphatic hydroxyl groups is 1. The summed E-state index contributed by atoms with van der Waals surface area (Å²) in [4.78, 5) is 0. The normalized spacial score (nSPS) is 32.6. The van der Waals surface area contributed by atoms with E-state index in [1.54, 1.807) is 0 Å². The van der Waals surface area contributed by atoms with Gasteiger partial charge in [-0.3, -0.25) is 0 Å². The van der Waals surface area contributed by atoms with Crippen LogP contribution in [0.5, 0.6) is 0 Å². The van der Waals surface area contributed by atoms with Crippen LogP contribution in [-0.4, -0.2) is 11.7 Å². The summed E-state index contributed by atoms with van der Waals surface area (Å²) in [6.45, 7) is 2.58. The standard InChI is InChI=1S/C9H16O/c1-8-2-4-9(5-3-8)6-7-10/h2,4,8-10H,3,5-7H2,1H3/t8-,9+/m1/s1. The zero-order valence-electron chi connectivity index (χ0n) is 6.59. The maximum absolute atomic E-state index is 8.65. The minimum Gasteiger partial charge on any atom is -0.396 e. The summed E-state index contributed by atoms with van der Waals surface area (Å²) in [5, 5.41) is 8.65. The lowest BCUT2D eigenvalue weighted by Gasteiger charge is -2.18. The summed E-state index contributed by atoms with van der Waals surface area (Å²) in [5.41, 5.74) is 0. The van der Waals surface area contributed by atoms with Crippen molar-refractivity contribution in [1.29, 1.82) is 0 Å². The van der Waals surface area contributed by atoms with Crippen molar-refractivity contribution in [3.63, 3.8) is 0 Å². The zero-order chi connectivity index (χ0) is 7.40. The van der Waals surface area contributed by atoms with E-state index < -0.39 is 0 Å². The van der Waals surface area contributed by atoms with Crippen LogP contribution >= 0.6 is 0 Å². The van der Waals surface area contributed by atoms with Crippen LogP contribution in [0.1, 0.15) is 26.2 Å². The Kier molecular flexibility index (Phi) is 2.94. The van der Waals surface area contributed by atoms with Crippen LogP contribution in [0, 0.1) is 11.8 Å². The van der Waals surface area contributed by atoms with Gasteiger partial charge in [-0.15, -0.1) is 0 Å². The van der Waals surface area contributed by atoms with E-state index >= 15 is 0 Å². The van der Waals surface area contributed by atoms with Gasteiger partial charge < -0.3 is 5.11 Å². The number of rotatable bonds is 2. The molecule has 10 heavy (non-hydrogen) atoms. The van der Waals surface area contributed by atoms with E-state index in [2.05, 4.69) is 19.1 Å². The Balaban J connectivity index is 2.30. The van der Waals surface area contributed by atoms with Crippen LogP contribution in [0.4, 0.5) is 0 Å². The average Bonchev–Trinajstić information content (AvgIpc) is 1.95. The minimum atomic E-state index is 0.337. The van der Waals surface area contributed by atoms with Gasteiger partial charge in [0, 0.05) is 6.61 Å². The van der Waals surface area contributed by atoms with Gasteiger partial charge in [0.1, 0.15) is 0 Å². The Labute approximate surface area is 62.8 Å². The lowest BCUT2D eigenvalue weighted by atomic mass is 9.88. The minimum absolute atomic E-state index is 0.337. The second-order valence-electron chi connectivity index (χ2n) is 3.21. The van der Waals surface area contributed by atoms with Crippen LogP contribution < -0.4 is 0 Å². The fourth-order valence-electron chi connectivity index (χ4n) is 1.42. The predicted octanol–water partition coefficient (Wildman–Crippen LogP) is 1.97. The molecule has 0 unspecified atom stereocenters. The molecule has 0 saturated carbocycles. The highest BCUT2D eigenvalue weighted by atomic mass is 16.3. The third kappa shape index (κ3) is 2.14. The Morgan fingerprint density at radius 1 is 1.40 bits per heavy atom. The van der Waals surface area contributed by atoms with E-state index in [-0.39, 0.29) is 0 Å². The average molecular weight is 140 g/mol. The molecule has 0 bridgehead atoms. The summed E-state index contributed by atoms with van der Waals surface area (Å²) >= 11 is 0. The monoisotopic (exact) mass is 140 g/mol. The largest absolute Gasteiger partial charge is 0.396 e. The molecule has 0 heterocycles.